The molecule has 7 heteroatoms. The third kappa shape index (κ3) is 3.38. The molecular weight excluding hydrogens is 426 g/mol. The average Bonchev–Trinajstić information content (AvgIpc) is 3.36. The number of para-hydroxylation sites is 2. The van der Waals surface area contributed by atoms with Crippen molar-refractivity contribution < 1.29 is 9.59 Å². The highest BCUT2D eigenvalue weighted by Gasteiger charge is 2.40. The van der Waals surface area contributed by atoms with Gasteiger partial charge in [0.1, 0.15) is 6.04 Å². The van der Waals surface area contributed by atoms with Gasteiger partial charge >= 0.3 is 0 Å². The van der Waals surface area contributed by atoms with E-state index in [-0.39, 0.29) is 18.2 Å². The van der Waals surface area contributed by atoms with E-state index in [9.17, 15) is 9.59 Å². The lowest BCUT2D eigenvalue weighted by atomic mass is 10.1. The normalized spacial score (nSPS) is 15.1. The summed E-state index contributed by atoms with van der Waals surface area (Å²) in [6.07, 6.45) is 3.45. The van der Waals surface area contributed by atoms with Crippen LogP contribution in [-0.2, 0) is 16.1 Å². The van der Waals surface area contributed by atoms with Crippen LogP contribution in [0, 0.1) is 0 Å². The van der Waals surface area contributed by atoms with E-state index in [1.165, 1.54) is 0 Å². The predicted octanol–water partition coefficient (Wildman–Crippen LogP) is 4.70. The minimum Gasteiger partial charge on any atom is -0.325 e. The fourth-order valence-electron chi connectivity index (χ4n) is 4.63. The highest BCUT2D eigenvalue weighted by molar-refractivity contribution is 6.07. The van der Waals surface area contributed by atoms with Crippen LogP contribution in [0.5, 0.6) is 0 Å². The lowest BCUT2D eigenvalue weighted by molar-refractivity contribution is -0.124. The first-order chi connectivity index (χ1) is 16.7. The Bertz CT molecular complexity index is 1540. The van der Waals surface area contributed by atoms with Crippen molar-refractivity contribution in [2.75, 3.05) is 10.2 Å². The number of anilines is 2. The molecule has 0 saturated heterocycles. The van der Waals surface area contributed by atoms with E-state index in [0.29, 0.717) is 12.5 Å². The third-order valence-corrected chi connectivity index (χ3v) is 6.19. The fourth-order valence-corrected chi connectivity index (χ4v) is 4.63. The van der Waals surface area contributed by atoms with Gasteiger partial charge in [-0.1, -0.05) is 54.6 Å². The van der Waals surface area contributed by atoms with Crippen molar-refractivity contribution in [2.24, 2.45) is 0 Å². The molecule has 34 heavy (non-hydrogen) atoms. The van der Waals surface area contributed by atoms with Gasteiger partial charge in [-0.05, 0) is 35.2 Å². The van der Waals surface area contributed by atoms with Crippen LogP contribution in [0.2, 0.25) is 0 Å². The van der Waals surface area contributed by atoms with Crippen molar-refractivity contribution in [3.63, 3.8) is 0 Å². The fraction of sp³-hybridized carbons (Fsp3) is 0.111. The molecule has 1 N–H and O–H groups in total. The number of imidazole rings is 1. The number of carbonyl (C=O) groups is 2. The van der Waals surface area contributed by atoms with E-state index in [4.69, 9.17) is 4.98 Å². The topological polar surface area (TPSA) is 80.1 Å². The first-order valence-corrected chi connectivity index (χ1v) is 11.1. The zero-order chi connectivity index (χ0) is 23.1. The molecule has 0 spiro atoms. The summed E-state index contributed by atoms with van der Waals surface area (Å²) in [4.78, 5) is 37.2. The maximum atomic E-state index is 13.5. The molecule has 7 nitrogen and oxygen atoms in total. The smallest absolute Gasteiger partial charge is 0.253 e. The number of rotatable bonds is 5. The second-order valence-corrected chi connectivity index (χ2v) is 8.35. The minimum absolute atomic E-state index is 0.0128. The van der Waals surface area contributed by atoms with Crippen LogP contribution in [0.3, 0.4) is 0 Å². The molecule has 2 aromatic heterocycles. The van der Waals surface area contributed by atoms with Gasteiger partial charge in [0, 0.05) is 23.5 Å². The second-order valence-electron chi connectivity index (χ2n) is 8.35. The number of hydrogen-bond acceptors (Lipinski definition) is 4. The van der Waals surface area contributed by atoms with E-state index < -0.39 is 6.04 Å². The van der Waals surface area contributed by atoms with Crippen molar-refractivity contribution >= 4 is 45.3 Å². The van der Waals surface area contributed by atoms with E-state index in [0.717, 1.165) is 33.1 Å². The zero-order valence-electron chi connectivity index (χ0n) is 18.3. The van der Waals surface area contributed by atoms with E-state index in [1.54, 1.807) is 17.3 Å². The SMILES string of the molecule is O=C(CC1C(=O)N(Cc2cccnc2)c2nc3ccccc3n21)Nc1cccc2ccccc12. The van der Waals surface area contributed by atoms with Crippen molar-refractivity contribution in [2.45, 2.75) is 19.0 Å². The molecule has 5 aromatic rings. The van der Waals surface area contributed by atoms with E-state index >= 15 is 0 Å². The molecule has 1 aliphatic rings. The molecule has 0 fully saturated rings. The molecule has 3 aromatic carbocycles. The van der Waals surface area contributed by atoms with Crippen LogP contribution in [0.1, 0.15) is 18.0 Å². The molecule has 1 unspecified atom stereocenters. The standard InChI is InChI=1S/C27H21N5O2/c33-25(29-21-12-5-9-19-8-1-2-10-20(19)21)15-24-26(34)31(17-18-7-6-14-28-16-18)27-30-22-11-3-4-13-23(22)32(24)27/h1-14,16,24H,15,17H2,(H,29,33). The summed E-state index contributed by atoms with van der Waals surface area (Å²) >= 11 is 0. The van der Waals surface area contributed by atoms with Crippen molar-refractivity contribution in [1.82, 2.24) is 14.5 Å². The number of carbonyl (C=O) groups excluding carboxylic acids is 2. The Morgan fingerprint density at radius 2 is 1.76 bits per heavy atom. The molecule has 0 bridgehead atoms. The maximum Gasteiger partial charge on any atom is 0.253 e. The van der Waals surface area contributed by atoms with Crippen LogP contribution in [-0.4, -0.2) is 26.3 Å². The summed E-state index contributed by atoms with van der Waals surface area (Å²) < 4.78 is 1.89. The van der Waals surface area contributed by atoms with Gasteiger partial charge in [-0.3, -0.25) is 24.0 Å². The summed E-state index contributed by atoms with van der Waals surface area (Å²) in [5.41, 5.74) is 3.26. The Hall–Kier alpha value is -4.52. The van der Waals surface area contributed by atoms with Crippen LogP contribution >= 0.6 is 0 Å². The number of nitrogens with one attached hydrogen (secondary N) is 1. The Balaban J connectivity index is 1.33. The molecule has 3 heterocycles. The van der Waals surface area contributed by atoms with Gasteiger partial charge in [-0.15, -0.1) is 0 Å². The Labute approximate surface area is 195 Å². The number of aromatic nitrogens is 3. The number of benzene rings is 3. The van der Waals surface area contributed by atoms with Crippen LogP contribution in [0.4, 0.5) is 11.6 Å². The molecule has 1 aliphatic heterocycles. The quantitative estimate of drug-likeness (QED) is 0.423. The van der Waals surface area contributed by atoms with Crippen LogP contribution in [0.15, 0.2) is 91.3 Å². The summed E-state index contributed by atoms with van der Waals surface area (Å²) in [5.74, 6) is 0.185. The molecule has 166 valence electrons. The van der Waals surface area contributed by atoms with E-state index in [2.05, 4.69) is 10.3 Å². The third-order valence-electron chi connectivity index (χ3n) is 6.19. The summed E-state index contributed by atoms with van der Waals surface area (Å²) in [7, 11) is 0. The first-order valence-electron chi connectivity index (χ1n) is 11.1. The highest BCUT2D eigenvalue weighted by Crippen LogP contribution is 2.37. The van der Waals surface area contributed by atoms with Gasteiger partial charge in [-0.25, -0.2) is 4.98 Å². The maximum absolute atomic E-state index is 13.5. The zero-order valence-corrected chi connectivity index (χ0v) is 18.3. The highest BCUT2D eigenvalue weighted by atomic mass is 16.2. The summed E-state index contributed by atoms with van der Waals surface area (Å²) in [6.45, 7) is 0.345. The molecule has 2 amide bonds. The predicted molar refractivity (Wildman–Crippen MR) is 131 cm³/mol. The van der Waals surface area contributed by atoms with Crippen molar-refractivity contribution in [1.29, 1.82) is 0 Å². The van der Waals surface area contributed by atoms with Gasteiger partial charge in [0.15, 0.2) is 0 Å². The Morgan fingerprint density at radius 3 is 2.65 bits per heavy atom. The first kappa shape index (κ1) is 20.1. The lowest BCUT2D eigenvalue weighted by Crippen LogP contribution is -2.31. The number of amides is 2. The monoisotopic (exact) mass is 447 g/mol. The average molecular weight is 447 g/mol. The number of fused-ring (bicyclic) bond motifs is 4. The van der Waals surface area contributed by atoms with Crippen molar-refractivity contribution in [3.8, 4) is 0 Å². The summed E-state index contributed by atoms with van der Waals surface area (Å²) in [6, 6.07) is 24.5. The van der Waals surface area contributed by atoms with Crippen molar-refractivity contribution in [3.05, 3.63) is 96.8 Å². The molecule has 6 rings (SSSR count). The van der Waals surface area contributed by atoms with Gasteiger partial charge in [-0.2, -0.15) is 0 Å². The van der Waals surface area contributed by atoms with E-state index in [1.807, 2.05) is 83.4 Å². The lowest BCUT2D eigenvalue weighted by Gasteiger charge is -2.16. The van der Waals surface area contributed by atoms with Gasteiger partial charge in [0.2, 0.25) is 11.9 Å². The Kier molecular flexibility index (Phi) is 4.80. The minimum atomic E-state index is -0.672. The van der Waals surface area contributed by atoms with Crippen LogP contribution < -0.4 is 10.2 Å². The van der Waals surface area contributed by atoms with Gasteiger partial charge in [0.05, 0.1) is 24.0 Å². The van der Waals surface area contributed by atoms with Crippen LogP contribution in [0.25, 0.3) is 21.8 Å². The Morgan fingerprint density at radius 1 is 0.941 bits per heavy atom. The molecule has 0 saturated carbocycles. The second kappa shape index (κ2) is 8.12. The largest absolute Gasteiger partial charge is 0.325 e. The number of nitrogens with zero attached hydrogens (tertiary/aromatic N) is 4. The summed E-state index contributed by atoms with van der Waals surface area (Å²) in [5, 5.41) is 5.02. The van der Waals surface area contributed by atoms with Gasteiger partial charge in [0.25, 0.3) is 5.91 Å². The molecule has 0 radical (unpaired) electrons. The molecule has 1 atom stereocenters. The van der Waals surface area contributed by atoms with Gasteiger partial charge < -0.3 is 5.32 Å². The number of pyridine rings is 1. The molecular formula is C27H21N5O2. The molecule has 0 aliphatic carbocycles. The number of hydrogen-bond donors (Lipinski definition) is 1.